The summed E-state index contributed by atoms with van der Waals surface area (Å²) in [5, 5.41) is 7.73. The van der Waals surface area contributed by atoms with Crippen molar-refractivity contribution < 1.29 is 8.42 Å². The molecular weight excluding hydrogens is 421 g/mol. The molecule has 0 unspecified atom stereocenters. The zero-order chi connectivity index (χ0) is 19.8. The Balaban J connectivity index is 0.00000280. The minimum atomic E-state index is -3.86. The number of rotatable bonds is 6. The van der Waals surface area contributed by atoms with Crippen molar-refractivity contribution in [1.82, 2.24) is 19.5 Å². The van der Waals surface area contributed by atoms with E-state index in [0.717, 1.165) is 17.9 Å². The van der Waals surface area contributed by atoms with E-state index in [4.69, 9.17) is 11.6 Å². The average molecular weight is 444 g/mol. The SMILES string of the molecule is CNc1nn2c(CCN(C)C)cc(C)nc2c1S(=O)(=O)c1cccc(Cl)c1.Cl. The Morgan fingerprint density at radius 2 is 1.96 bits per heavy atom. The molecule has 0 saturated carbocycles. The lowest BCUT2D eigenvalue weighted by Crippen LogP contribution is -2.17. The minimum absolute atomic E-state index is 0. The lowest BCUT2D eigenvalue weighted by molar-refractivity contribution is 0.410. The Morgan fingerprint density at radius 1 is 1.25 bits per heavy atom. The lowest BCUT2D eigenvalue weighted by Gasteiger charge is -2.11. The van der Waals surface area contributed by atoms with Crippen molar-refractivity contribution in [3.8, 4) is 0 Å². The number of aryl methyl sites for hydroxylation is 1. The van der Waals surface area contributed by atoms with E-state index in [2.05, 4.69) is 20.3 Å². The van der Waals surface area contributed by atoms with E-state index < -0.39 is 9.84 Å². The van der Waals surface area contributed by atoms with Crippen molar-refractivity contribution in [3.63, 3.8) is 0 Å². The Labute approximate surface area is 176 Å². The molecule has 10 heteroatoms. The molecule has 2 heterocycles. The largest absolute Gasteiger partial charge is 0.370 e. The molecule has 1 N–H and O–H groups in total. The summed E-state index contributed by atoms with van der Waals surface area (Å²) in [6.45, 7) is 2.66. The summed E-state index contributed by atoms with van der Waals surface area (Å²) >= 11 is 6.00. The third-order valence-electron chi connectivity index (χ3n) is 4.18. The lowest BCUT2D eigenvalue weighted by atomic mass is 10.2. The van der Waals surface area contributed by atoms with E-state index in [9.17, 15) is 8.42 Å². The van der Waals surface area contributed by atoms with Crippen LogP contribution in [0.25, 0.3) is 5.65 Å². The van der Waals surface area contributed by atoms with Gasteiger partial charge in [0.2, 0.25) is 9.84 Å². The molecule has 3 rings (SSSR count). The number of hydrogen-bond donors (Lipinski definition) is 1. The highest BCUT2D eigenvalue weighted by atomic mass is 35.5. The molecule has 0 aliphatic carbocycles. The summed E-state index contributed by atoms with van der Waals surface area (Å²) in [4.78, 5) is 6.71. The predicted octanol–water partition coefficient (Wildman–Crippen LogP) is 3.09. The molecule has 0 radical (unpaired) electrons. The van der Waals surface area contributed by atoms with Crippen LogP contribution in [0.1, 0.15) is 11.4 Å². The molecule has 0 spiro atoms. The standard InChI is InChI=1S/C18H22ClN5O2S.ClH/c1-12-10-14(8-9-23(3)4)24-18(21-12)16(17(20-2)22-24)27(25,26)15-7-5-6-13(19)11-15;/h5-7,10-11H,8-9H2,1-4H3,(H,20,22);1H. The van der Waals surface area contributed by atoms with Gasteiger partial charge in [0.05, 0.1) is 4.90 Å². The summed E-state index contributed by atoms with van der Waals surface area (Å²) in [6, 6.07) is 8.13. The summed E-state index contributed by atoms with van der Waals surface area (Å²) in [6.07, 6.45) is 0.717. The van der Waals surface area contributed by atoms with Gasteiger partial charge in [-0.2, -0.15) is 0 Å². The van der Waals surface area contributed by atoms with Gasteiger partial charge < -0.3 is 10.2 Å². The Kier molecular flexibility index (Phi) is 6.93. The zero-order valence-corrected chi connectivity index (χ0v) is 18.5. The molecule has 7 nitrogen and oxygen atoms in total. The van der Waals surface area contributed by atoms with Gasteiger partial charge in [-0.1, -0.05) is 17.7 Å². The van der Waals surface area contributed by atoms with Crippen molar-refractivity contribution in [1.29, 1.82) is 0 Å². The third kappa shape index (κ3) is 4.25. The minimum Gasteiger partial charge on any atom is -0.370 e. The van der Waals surface area contributed by atoms with Crippen LogP contribution in [0.2, 0.25) is 5.02 Å². The fourth-order valence-electron chi connectivity index (χ4n) is 2.87. The van der Waals surface area contributed by atoms with Gasteiger partial charge in [0, 0.05) is 36.4 Å². The number of nitrogens with zero attached hydrogens (tertiary/aromatic N) is 4. The van der Waals surface area contributed by atoms with E-state index in [1.54, 1.807) is 23.7 Å². The number of benzene rings is 1. The van der Waals surface area contributed by atoms with Gasteiger partial charge in [-0.15, -0.1) is 17.5 Å². The normalized spacial score (nSPS) is 11.6. The maximum Gasteiger partial charge on any atom is 0.214 e. The fourth-order valence-corrected chi connectivity index (χ4v) is 4.67. The molecule has 0 atom stereocenters. The molecule has 152 valence electrons. The Hall–Kier alpha value is -1.87. The first-order valence-electron chi connectivity index (χ1n) is 8.46. The summed E-state index contributed by atoms with van der Waals surface area (Å²) in [5.41, 5.74) is 1.95. The quantitative estimate of drug-likeness (QED) is 0.630. The predicted molar refractivity (Wildman–Crippen MR) is 114 cm³/mol. The molecule has 3 aromatic rings. The summed E-state index contributed by atoms with van der Waals surface area (Å²) in [7, 11) is 1.77. The van der Waals surface area contributed by atoms with Gasteiger partial charge in [0.25, 0.3) is 0 Å². The number of halogens is 2. The Bertz CT molecular complexity index is 1100. The molecule has 0 aliphatic heterocycles. The van der Waals surface area contributed by atoms with Crippen molar-refractivity contribution in [3.05, 3.63) is 46.7 Å². The number of likely N-dealkylation sites (N-methyl/N-ethyl adjacent to an activating group) is 1. The van der Waals surface area contributed by atoms with Crippen LogP contribution in [0, 0.1) is 6.92 Å². The number of fused-ring (bicyclic) bond motifs is 1. The van der Waals surface area contributed by atoms with Gasteiger partial charge in [0.1, 0.15) is 0 Å². The number of sulfone groups is 1. The first-order chi connectivity index (χ1) is 12.7. The second kappa shape index (κ2) is 8.65. The third-order valence-corrected chi connectivity index (χ3v) is 6.20. The van der Waals surface area contributed by atoms with Crippen LogP contribution in [0.15, 0.2) is 40.1 Å². The first kappa shape index (κ1) is 22.4. The fraction of sp³-hybridized carbons (Fsp3) is 0.333. The second-order valence-corrected chi connectivity index (χ2v) is 8.89. The number of anilines is 1. The molecule has 0 amide bonds. The van der Waals surface area contributed by atoms with Crippen molar-refractivity contribution in [2.75, 3.05) is 33.0 Å². The maximum atomic E-state index is 13.3. The summed E-state index contributed by atoms with van der Waals surface area (Å²) in [5.74, 6) is 0.263. The molecule has 0 bridgehead atoms. The van der Waals surface area contributed by atoms with Gasteiger partial charge in [0.15, 0.2) is 16.4 Å². The van der Waals surface area contributed by atoms with Gasteiger partial charge in [-0.25, -0.2) is 17.9 Å². The molecule has 0 aliphatic rings. The van der Waals surface area contributed by atoms with Gasteiger partial charge >= 0.3 is 0 Å². The smallest absolute Gasteiger partial charge is 0.214 e. The van der Waals surface area contributed by atoms with Crippen LogP contribution in [-0.4, -0.2) is 55.6 Å². The highest BCUT2D eigenvalue weighted by Crippen LogP contribution is 2.32. The van der Waals surface area contributed by atoms with Crippen LogP contribution < -0.4 is 5.32 Å². The van der Waals surface area contributed by atoms with Gasteiger partial charge in [-0.3, -0.25) is 0 Å². The van der Waals surface area contributed by atoms with Gasteiger partial charge in [-0.05, 0) is 45.3 Å². The number of nitrogens with one attached hydrogen (secondary N) is 1. The van der Waals surface area contributed by atoms with Crippen LogP contribution >= 0.6 is 24.0 Å². The van der Waals surface area contributed by atoms with E-state index >= 15 is 0 Å². The Morgan fingerprint density at radius 3 is 2.57 bits per heavy atom. The zero-order valence-electron chi connectivity index (χ0n) is 16.1. The molecule has 0 saturated heterocycles. The van der Waals surface area contributed by atoms with Crippen LogP contribution in [0.3, 0.4) is 0 Å². The van der Waals surface area contributed by atoms with Crippen molar-refractivity contribution in [2.45, 2.75) is 23.1 Å². The van der Waals surface area contributed by atoms with Crippen LogP contribution in [0.4, 0.5) is 5.82 Å². The highest BCUT2D eigenvalue weighted by molar-refractivity contribution is 7.91. The second-order valence-electron chi connectivity index (χ2n) is 6.57. The molecule has 0 fully saturated rings. The molecule has 1 aromatic carbocycles. The van der Waals surface area contributed by atoms with Crippen molar-refractivity contribution in [2.24, 2.45) is 0 Å². The van der Waals surface area contributed by atoms with E-state index in [0.29, 0.717) is 17.1 Å². The van der Waals surface area contributed by atoms with E-state index in [1.165, 1.54) is 12.1 Å². The molecular formula is C18H23Cl2N5O2S. The average Bonchev–Trinajstić information content (AvgIpc) is 2.98. The van der Waals surface area contributed by atoms with E-state index in [1.807, 2.05) is 27.1 Å². The number of hydrogen-bond acceptors (Lipinski definition) is 6. The number of aromatic nitrogens is 3. The molecule has 2 aromatic heterocycles. The highest BCUT2D eigenvalue weighted by Gasteiger charge is 2.29. The molecule has 28 heavy (non-hydrogen) atoms. The summed E-state index contributed by atoms with van der Waals surface area (Å²) < 4.78 is 28.3. The van der Waals surface area contributed by atoms with Crippen molar-refractivity contribution >= 4 is 45.3 Å². The topological polar surface area (TPSA) is 79.6 Å². The monoisotopic (exact) mass is 443 g/mol. The van der Waals surface area contributed by atoms with Crippen LogP contribution in [-0.2, 0) is 16.3 Å². The van der Waals surface area contributed by atoms with Crippen LogP contribution in [0.5, 0.6) is 0 Å². The maximum absolute atomic E-state index is 13.3. The first-order valence-corrected chi connectivity index (χ1v) is 10.3. The van der Waals surface area contributed by atoms with E-state index in [-0.39, 0.29) is 28.0 Å².